The van der Waals surface area contributed by atoms with Crippen LogP contribution in [0.2, 0.25) is 5.02 Å². The van der Waals surface area contributed by atoms with Crippen LogP contribution in [0.1, 0.15) is 18.9 Å². The Morgan fingerprint density at radius 2 is 1.81 bits per heavy atom. The van der Waals surface area contributed by atoms with Gasteiger partial charge in [0.05, 0.1) is 23.9 Å². The van der Waals surface area contributed by atoms with Crippen LogP contribution in [-0.2, 0) is 6.18 Å². The molecule has 2 N–H and O–H groups in total. The van der Waals surface area contributed by atoms with Gasteiger partial charge in [-0.3, -0.25) is 5.32 Å². The highest BCUT2D eigenvalue weighted by Gasteiger charge is 2.35. The third-order valence-corrected chi connectivity index (χ3v) is 3.95. The smallest absolute Gasteiger partial charge is 0.445 e. The Bertz CT molecular complexity index is 785. The summed E-state index contributed by atoms with van der Waals surface area (Å²) in [7, 11) is 0. The molecule has 0 unspecified atom stereocenters. The fourth-order valence-corrected chi connectivity index (χ4v) is 2.64. The zero-order chi connectivity index (χ0) is 19.3. The zero-order valence-electron chi connectivity index (χ0n) is 13.6. The Morgan fingerprint density at radius 3 is 2.38 bits per heavy atom. The number of rotatable bonds is 6. The molecule has 0 saturated carbocycles. The minimum absolute atomic E-state index is 0.209. The van der Waals surface area contributed by atoms with E-state index >= 15 is 0 Å². The van der Waals surface area contributed by atoms with E-state index in [1.807, 2.05) is 0 Å². The highest BCUT2D eigenvalue weighted by molar-refractivity contribution is 7.15. The Hall–Kier alpha value is -2.27. The molecule has 0 radical (unpaired) electrons. The maximum Gasteiger partial charge on any atom is 0.445 e. The number of halogens is 4. The van der Waals surface area contributed by atoms with Gasteiger partial charge in [0.15, 0.2) is 0 Å². The number of nitrogens with one attached hydrogen (secondary N) is 2. The predicted molar refractivity (Wildman–Crippen MR) is 91.3 cm³/mol. The monoisotopic (exact) mass is 410 g/mol. The molecule has 0 spiro atoms. The van der Waals surface area contributed by atoms with Crippen LogP contribution in [0.4, 0.5) is 28.8 Å². The van der Waals surface area contributed by atoms with E-state index in [1.54, 1.807) is 13.8 Å². The summed E-state index contributed by atoms with van der Waals surface area (Å²) in [6.07, 6.45) is -4.63. The molecule has 2 rings (SSSR count). The quantitative estimate of drug-likeness (QED) is 0.723. The minimum Gasteiger partial charge on any atom is -0.492 e. The van der Waals surface area contributed by atoms with Crippen molar-refractivity contribution >= 4 is 39.8 Å². The molecule has 1 aromatic carbocycles. The second-order valence-corrected chi connectivity index (χ2v) is 6.02. The number of urea groups is 1. The number of amides is 2. The fourth-order valence-electron chi connectivity index (χ4n) is 1.81. The van der Waals surface area contributed by atoms with Gasteiger partial charge < -0.3 is 14.8 Å². The lowest BCUT2D eigenvalue weighted by molar-refractivity contribution is -0.138. The first-order valence-electron chi connectivity index (χ1n) is 7.32. The maximum atomic E-state index is 12.5. The summed E-state index contributed by atoms with van der Waals surface area (Å²) in [5, 5.41) is 9.65. The lowest BCUT2D eigenvalue weighted by Gasteiger charge is -2.14. The van der Waals surface area contributed by atoms with Crippen molar-refractivity contribution in [2.24, 2.45) is 0 Å². The second kappa shape index (κ2) is 8.41. The second-order valence-electron chi connectivity index (χ2n) is 4.63. The molecule has 26 heavy (non-hydrogen) atoms. The van der Waals surface area contributed by atoms with Crippen LogP contribution in [0.3, 0.4) is 0 Å². The molecule has 0 bridgehead atoms. The molecule has 0 saturated heterocycles. The van der Waals surface area contributed by atoms with Crippen molar-refractivity contribution in [3.8, 4) is 11.5 Å². The van der Waals surface area contributed by atoms with Gasteiger partial charge in [-0.2, -0.15) is 13.2 Å². The number of alkyl halides is 3. The van der Waals surface area contributed by atoms with Crippen LogP contribution in [0.15, 0.2) is 12.1 Å². The van der Waals surface area contributed by atoms with Crippen molar-refractivity contribution in [2.75, 3.05) is 23.8 Å². The normalized spacial score (nSPS) is 11.2. The summed E-state index contributed by atoms with van der Waals surface area (Å²) in [6.45, 7) is 4.23. The van der Waals surface area contributed by atoms with E-state index in [0.29, 0.717) is 24.7 Å². The Kier molecular flexibility index (Phi) is 6.48. The number of anilines is 2. The highest BCUT2D eigenvalue weighted by Crippen LogP contribution is 2.37. The maximum absolute atomic E-state index is 12.5. The number of carbonyl (C=O) groups is 1. The van der Waals surface area contributed by atoms with Gasteiger partial charge in [0.25, 0.3) is 0 Å². The summed E-state index contributed by atoms with van der Waals surface area (Å²) >= 11 is 6.29. The third-order valence-electron chi connectivity index (χ3n) is 2.77. The first kappa shape index (κ1) is 20.0. The van der Waals surface area contributed by atoms with E-state index in [1.165, 1.54) is 12.1 Å². The molecule has 0 aliphatic heterocycles. The molecule has 0 atom stereocenters. The Morgan fingerprint density at radius 1 is 1.15 bits per heavy atom. The lowest BCUT2D eigenvalue weighted by atomic mass is 10.2. The van der Waals surface area contributed by atoms with Gasteiger partial charge in [0, 0.05) is 6.07 Å². The molecule has 0 aliphatic carbocycles. The predicted octanol–water partition coefficient (Wildman–Crippen LogP) is 4.65. The molecule has 7 nitrogen and oxygen atoms in total. The number of hydrogen-bond donors (Lipinski definition) is 2. The van der Waals surface area contributed by atoms with Crippen LogP contribution < -0.4 is 20.1 Å². The van der Waals surface area contributed by atoms with E-state index in [2.05, 4.69) is 20.8 Å². The van der Waals surface area contributed by atoms with E-state index in [9.17, 15) is 18.0 Å². The van der Waals surface area contributed by atoms with E-state index in [-0.39, 0.29) is 27.2 Å². The highest BCUT2D eigenvalue weighted by atomic mass is 35.5. The average Bonchev–Trinajstić information content (AvgIpc) is 3.00. The minimum atomic E-state index is -4.63. The zero-order valence-corrected chi connectivity index (χ0v) is 15.2. The van der Waals surface area contributed by atoms with Crippen LogP contribution in [-0.4, -0.2) is 29.4 Å². The van der Waals surface area contributed by atoms with Gasteiger partial charge in [-0.15, -0.1) is 10.2 Å². The van der Waals surface area contributed by atoms with Crippen LogP contribution in [0.25, 0.3) is 0 Å². The summed E-state index contributed by atoms with van der Waals surface area (Å²) in [6, 6.07) is 2.10. The third kappa shape index (κ3) is 5.11. The number of ether oxygens (including phenoxy) is 2. The molecule has 1 aromatic heterocycles. The molecule has 0 aliphatic rings. The molecule has 2 aromatic rings. The van der Waals surface area contributed by atoms with E-state index in [0.717, 1.165) is 0 Å². The van der Waals surface area contributed by atoms with Gasteiger partial charge in [0.2, 0.25) is 10.1 Å². The van der Waals surface area contributed by atoms with Gasteiger partial charge >= 0.3 is 12.2 Å². The van der Waals surface area contributed by atoms with Gasteiger partial charge in [-0.05, 0) is 19.9 Å². The Balaban J connectivity index is 2.14. The Labute approximate surface area is 155 Å². The largest absolute Gasteiger partial charge is 0.492 e. The molecule has 142 valence electrons. The molecular formula is C14H14ClF3N4O3S. The molecule has 1 heterocycles. The summed E-state index contributed by atoms with van der Waals surface area (Å²) in [5.41, 5.74) is 0.221. The number of hydrogen-bond acceptors (Lipinski definition) is 6. The number of aromatic nitrogens is 2. The molecule has 2 amide bonds. The van der Waals surface area contributed by atoms with Crippen LogP contribution >= 0.6 is 22.9 Å². The van der Waals surface area contributed by atoms with Crippen molar-refractivity contribution in [1.82, 2.24) is 10.2 Å². The van der Waals surface area contributed by atoms with Crippen molar-refractivity contribution in [3.05, 3.63) is 22.2 Å². The van der Waals surface area contributed by atoms with E-state index in [4.69, 9.17) is 21.1 Å². The van der Waals surface area contributed by atoms with Crippen LogP contribution in [0, 0.1) is 0 Å². The number of nitrogens with zero attached hydrogens (tertiary/aromatic N) is 2. The topological polar surface area (TPSA) is 85.4 Å². The summed E-state index contributed by atoms with van der Waals surface area (Å²) in [4.78, 5) is 12.0. The number of carbonyl (C=O) groups excluding carboxylic acids is 1. The van der Waals surface area contributed by atoms with E-state index < -0.39 is 17.2 Å². The average molecular weight is 411 g/mol. The SMILES string of the molecule is CCOc1cc(OCC)c(NC(=O)Nc2nnc(C(F)(F)F)s2)cc1Cl. The van der Waals surface area contributed by atoms with Gasteiger partial charge in [-0.25, -0.2) is 4.79 Å². The fraction of sp³-hybridized carbons (Fsp3) is 0.357. The first-order valence-corrected chi connectivity index (χ1v) is 8.51. The molecule has 12 heteroatoms. The van der Waals surface area contributed by atoms with Crippen molar-refractivity contribution in [2.45, 2.75) is 20.0 Å². The van der Waals surface area contributed by atoms with Crippen molar-refractivity contribution < 1.29 is 27.4 Å². The summed E-state index contributed by atoms with van der Waals surface area (Å²) < 4.78 is 48.3. The van der Waals surface area contributed by atoms with Crippen molar-refractivity contribution in [1.29, 1.82) is 0 Å². The summed E-state index contributed by atoms with van der Waals surface area (Å²) in [5.74, 6) is 0.672. The molecular weight excluding hydrogens is 397 g/mol. The van der Waals surface area contributed by atoms with Crippen molar-refractivity contribution in [3.63, 3.8) is 0 Å². The van der Waals surface area contributed by atoms with Crippen LogP contribution in [0.5, 0.6) is 11.5 Å². The number of benzene rings is 1. The van der Waals surface area contributed by atoms with Gasteiger partial charge in [-0.1, -0.05) is 22.9 Å². The standard InChI is InChI=1S/C14H14ClF3N4O3S/c1-3-24-9-6-10(25-4-2)8(5-7(9)15)19-12(23)20-13-22-21-11(26-13)14(16,17)18/h5-6H,3-4H2,1-2H3,(H2,19,20,22,23). The first-order chi connectivity index (χ1) is 12.2. The lowest BCUT2D eigenvalue weighted by Crippen LogP contribution is -2.20. The molecule has 0 fully saturated rings. The van der Waals surface area contributed by atoms with Gasteiger partial charge in [0.1, 0.15) is 11.5 Å².